The van der Waals surface area contributed by atoms with E-state index in [1.807, 2.05) is 18.2 Å². The van der Waals surface area contributed by atoms with Crippen molar-refractivity contribution in [1.29, 1.82) is 0 Å². The maximum absolute atomic E-state index is 12.7. The number of fused-ring (bicyclic) bond motifs is 2. The van der Waals surface area contributed by atoms with Crippen molar-refractivity contribution in [1.82, 2.24) is 4.98 Å². The molecule has 1 aliphatic carbocycles. The second-order valence-electron chi connectivity index (χ2n) is 6.28. The molecule has 0 radical (unpaired) electrons. The fourth-order valence-corrected chi connectivity index (χ4v) is 4.59. The van der Waals surface area contributed by atoms with Gasteiger partial charge in [-0.15, -0.1) is 0 Å². The van der Waals surface area contributed by atoms with E-state index in [9.17, 15) is 8.42 Å². The number of para-hydroxylation sites is 1. The number of hydrogen-bond donors (Lipinski definition) is 1. The molecule has 2 aromatic carbocycles. The van der Waals surface area contributed by atoms with E-state index in [1.165, 1.54) is 18.2 Å². The first-order valence-electron chi connectivity index (χ1n) is 8.22. The normalized spacial score (nSPS) is 14.3. The van der Waals surface area contributed by atoms with Gasteiger partial charge in [0.1, 0.15) is 0 Å². The van der Waals surface area contributed by atoms with Gasteiger partial charge in [0, 0.05) is 5.39 Å². The molecule has 0 unspecified atom stereocenters. The second-order valence-corrected chi connectivity index (χ2v) is 8.37. The summed E-state index contributed by atoms with van der Waals surface area (Å²) in [6.45, 7) is 0. The van der Waals surface area contributed by atoms with Crippen LogP contribution in [0.4, 0.5) is 5.69 Å². The number of sulfonamides is 1. The molecule has 4 rings (SSSR count). The van der Waals surface area contributed by atoms with Crippen molar-refractivity contribution in [2.75, 3.05) is 4.72 Å². The Kier molecular flexibility index (Phi) is 4.13. The van der Waals surface area contributed by atoms with Crippen molar-refractivity contribution >= 4 is 38.2 Å². The molecule has 0 saturated carbocycles. The standard InChI is InChI=1S/C19H17ClN2O2S/c20-18-7-3-6-15-10-16(12-21-19(15)18)22-25(23,24)17-9-8-13-4-1-2-5-14(13)11-17/h3,6-12,22H,1-2,4-5H2. The summed E-state index contributed by atoms with van der Waals surface area (Å²) in [7, 11) is -3.65. The van der Waals surface area contributed by atoms with Crippen LogP contribution in [0.1, 0.15) is 24.0 Å². The third-order valence-electron chi connectivity index (χ3n) is 4.54. The first kappa shape index (κ1) is 16.4. The van der Waals surface area contributed by atoms with Crippen LogP contribution in [-0.4, -0.2) is 13.4 Å². The van der Waals surface area contributed by atoms with E-state index in [-0.39, 0.29) is 0 Å². The zero-order chi connectivity index (χ0) is 17.4. The van der Waals surface area contributed by atoms with Crippen LogP contribution in [0, 0.1) is 0 Å². The minimum absolute atomic E-state index is 0.291. The van der Waals surface area contributed by atoms with E-state index in [4.69, 9.17) is 11.6 Å². The van der Waals surface area contributed by atoms with Crippen LogP contribution in [0.5, 0.6) is 0 Å². The highest BCUT2D eigenvalue weighted by molar-refractivity contribution is 7.92. The lowest BCUT2D eigenvalue weighted by Crippen LogP contribution is -2.14. The zero-order valence-electron chi connectivity index (χ0n) is 13.5. The minimum Gasteiger partial charge on any atom is -0.278 e. The minimum atomic E-state index is -3.65. The van der Waals surface area contributed by atoms with Crippen molar-refractivity contribution < 1.29 is 8.42 Å². The molecule has 0 fully saturated rings. The highest BCUT2D eigenvalue weighted by Gasteiger charge is 2.18. The van der Waals surface area contributed by atoms with Crippen molar-refractivity contribution in [3.63, 3.8) is 0 Å². The molecule has 0 saturated heterocycles. The van der Waals surface area contributed by atoms with Gasteiger partial charge < -0.3 is 0 Å². The predicted molar refractivity (Wildman–Crippen MR) is 101 cm³/mol. The number of aromatic nitrogens is 1. The second kappa shape index (κ2) is 6.32. The Bertz CT molecular complexity index is 1060. The number of anilines is 1. The van der Waals surface area contributed by atoms with E-state index >= 15 is 0 Å². The Morgan fingerprint density at radius 1 is 1.00 bits per heavy atom. The van der Waals surface area contributed by atoms with Crippen LogP contribution in [-0.2, 0) is 22.9 Å². The number of nitrogens with one attached hydrogen (secondary N) is 1. The summed E-state index contributed by atoms with van der Waals surface area (Å²) >= 11 is 6.10. The van der Waals surface area contributed by atoms with Crippen LogP contribution in [0.2, 0.25) is 5.02 Å². The van der Waals surface area contributed by atoms with Gasteiger partial charge in [0.15, 0.2) is 0 Å². The van der Waals surface area contributed by atoms with Gasteiger partial charge in [0.25, 0.3) is 10.0 Å². The van der Waals surface area contributed by atoms with E-state index < -0.39 is 10.0 Å². The number of halogens is 1. The number of benzene rings is 2. The smallest absolute Gasteiger partial charge is 0.261 e. The van der Waals surface area contributed by atoms with Crippen LogP contribution in [0.3, 0.4) is 0 Å². The van der Waals surface area contributed by atoms with Crippen LogP contribution >= 0.6 is 11.6 Å². The first-order valence-corrected chi connectivity index (χ1v) is 10.1. The third kappa shape index (κ3) is 3.22. The lowest BCUT2D eigenvalue weighted by atomic mass is 9.92. The molecular formula is C19H17ClN2O2S. The van der Waals surface area contributed by atoms with Crippen molar-refractivity contribution in [2.24, 2.45) is 0 Å². The summed E-state index contributed by atoms with van der Waals surface area (Å²) < 4.78 is 28.1. The summed E-state index contributed by atoms with van der Waals surface area (Å²) in [4.78, 5) is 4.56. The fourth-order valence-electron chi connectivity index (χ4n) is 3.27. The Morgan fingerprint density at radius 2 is 1.80 bits per heavy atom. The number of nitrogens with zero attached hydrogens (tertiary/aromatic N) is 1. The monoisotopic (exact) mass is 372 g/mol. The fraction of sp³-hybridized carbons (Fsp3) is 0.211. The molecule has 0 amide bonds. The molecule has 0 aliphatic heterocycles. The van der Waals surface area contributed by atoms with Crippen LogP contribution < -0.4 is 4.72 Å². The van der Waals surface area contributed by atoms with Gasteiger partial charge in [-0.3, -0.25) is 9.71 Å². The molecule has 4 nitrogen and oxygen atoms in total. The predicted octanol–water partition coefficient (Wildman–Crippen LogP) is 4.57. The SMILES string of the molecule is O=S(=O)(Nc1cnc2c(Cl)cccc2c1)c1ccc2c(c1)CCCC2. The molecule has 1 heterocycles. The van der Waals surface area contributed by atoms with E-state index in [0.717, 1.165) is 30.2 Å². The number of hydrogen-bond acceptors (Lipinski definition) is 3. The van der Waals surface area contributed by atoms with Crippen molar-refractivity contribution in [3.05, 3.63) is 64.8 Å². The number of pyridine rings is 1. The Labute approximate surface area is 151 Å². The Hall–Kier alpha value is -2.11. The largest absolute Gasteiger partial charge is 0.278 e. The van der Waals surface area contributed by atoms with Crippen molar-refractivity contribution in [3.8, 4) is 0 Å². The van der Waals surface area contributed by atoms with Gasteiger partial charge in [-0.1, -0.05) is 29.8 Å². The lowest BCUT2D eigenvalue weighted by Gasteiger charge is -2.17. The maximum Gasteiger partial charge on any atom is 0.261 e. The van der Waals surface area contributed by atoms with E-state index in [0.29, 0.717) is 21.1 Å². The summed E-state index contributed by atoms with van der Waals surface area (Å²) in [6.07, 6.45) is 5.74. The summed E-state index contributed by atoms with van der Waals surface area (Å²) in [6, 6.07) is 12.6. The molecule has 6 heteroatoms. The average molecular weight is 373 g/mol. The summed E-state index contributed by atoms with van der Waals surface area (Å²) in [5.41, 5.74) is 3.47. The molecule has 0 atom stereocenters. The molecule has 3 aromatic rings. The first-order chi connectivity index (χ1) is 12.0. The van der Waals surface area contributed by atoms with E-state index in [1.54, 1.807) is 24.3 Å². The molecule has 1 aromatic heterocycles. The molecule has 1 N–H and O–H groups in total. The molecule has 128 valence electrons. The Balaban J connectivity index is 1.67. The molecule has 25 heavy (non-hydrogen) atoms. The molecule has 1 aliphatic rings. The van der Waals surface area contributed by atoms with Gasteiger partial charge in [-0.05, 0) is 61.1 Å². The van der Waals surface area contributed by atoms with E-state index in [2.05, 4.69) is 9.71 Å². The van der Waals surface area contributed by atoms with Gasteiger partial charge in [0.2, 0.25) is 0 Å². The molecule has 0 bridgehead atoms. The number of aryl methyl sites for hydroxylation is 2. The molecular weight excluding hydrogens is 356 g/mol. The molecule has 0 spiro atoms. The lowest BCUT2D eigenvalue weighted by molar-refractivity contribution is 0.600. The Morgan fingerprint density at radius 3 is 2.64 bits per heavy atom. The highest BCUT2D eigenvalue weighted by Crippen LogP contribution is 2.27. The summed E-state index contributed by atoms with van der Waals surface area (Å²) in [5.74, 6) is 0. The van der Waals surface area contributed by atoms with Gasteiger partial charge in [0.05, 0.1) is 27.3 Å². The van der Waals surface area contributed by atoms with Gasteiger partial charge >= 0.3 is 0 Å². The van der Waals surface area contributed by atoms with Crippen LogP contribution in [0.15, 0.2) is 53.6 Å². The number of rotatable bonds is 3. The quantitative estimate of drug-likeness (QED) is 0.732. The third-order valence-corrected chi connectivity index (χ3v) is 6.23. The van der Waals surface area contributed by atoms with Crippen molar-refractivity contribution in [2.45, 2.75) is 30.6 Å². The highest BCUT2D eigenvalue weighted by atomic mass is 35.5. The zero-order valence-corrected chi connectivity index (χ0v) is 15.1. The average Bonchev–Trinajstić information content (AvgIpc) is 2.61. The summed E-state index contributed by atoms with van der Waals surface area (Å²) in [5, 5.41) is 1.33. The van der Waals surface area contributed by atoms with Crippen LogP contribution in [0.25, 0.3) is 10.9 Å². The maximum atomic E-state index is 12.7. The van der Waals surface area contributed by atoms with Gasteiger partial charge in [-0.25, -0.2) is 8.42 Å². The van der Waals surface area contributed by atoms with Gasteiger partial charge in [-0.2, -0.15) is 0 Å². The topological polar surface area (TPSA) is 59.1 Å².